The molecule has 0 saturated carbocycles. The molecule has 1 aromatic rings. The molecule has 4 nitrogen and oxygen atoms in total. The molecule has 0 radical (unpaired) electrons. The highest BCUT2D eigenvalue weighted by molar-refractivity contribution is 5.76. The SMILES string of the molecule is CC(CN)CCC(=O)N[C@@H](CO)Cc1ccccc1. The third-order valence-electron chi connectivity index (χ3n) is 3.18. The van der Waals surface area contributed by atoms with Crippen LogP contribution >= 0.6 is 0 Å². The molecule has 4 N–H and O–H groups in total. The van der Waals surface area contributed by atoms with Crippen molar-refractivity contribution in [2.45, 2.75) is 32.2 Å². The molecule has 2 atom stereocenters. The highest BCUT2D eigenvalue weighted by Crippen LogP contribution is 2.05. The molecule has 0 bridgehead atoms. The Morgan fingerprint density at radius 1 is 1.37 bits per heavy atom. The van der Waals surface area contributed by atoms with Crippen LogP contribution in [-0.2, 0) is 11.2 Å². The Kier molecular flexibility index (Phi) is 7.15. The Balaban J connectivity index is 2.37. The van der Waals surface area contributed by atoms with Gasteiger partial charge in [0.05, 0.1) is 12.6 Å². The molecule has 0 aliphatic heterocycles. The van der Waals surface area contributed by atoms with E-state index in [1.54, 1.807) is 0 Å². The van der Waals surface area contributed by atoms with Crippen LogP contribution in [0.2, 0.25) is 0 Å². The van der Waals surface area contributed by atoms with Gasteiger partial charge in [-0.05, 0) is 30.9 Å². The normalized spacial score (nSPS) is 13.8. The highest BCUT2D eigenvalue weighted by Gasteiger charge is 2.12. The van der Waals surface area contributed by atoms with Crippen molar-refractivity contribution in [1.82, 2.24) is 5.32 Å². The summed E-state index contributed by atoms with van der Waals surface area (Å²) in [5.74, 6) is 0.336. The van der Waals surface area contributed by atoms with Gasteiger partial charge in [0.25, 0.3) is 0 Å². The summed E-state index contributed by atoms with van der Waals surface area (Å²) in [6, 6.07) is 9.62. The maximum absolute atomic E-state index is 11.8. The molecular weight excluding hydrogens is 240 g/mol. The molecule has 1 unspecified atom stereocenters. The number of aliphatic hydroxyl groups excluding tert-OH is 1. The fourth-order valence-electron chi connectivity index (χ4n) is 1.86. The second-order valence-electron chi connectivity index (χ2n) is 5.02. The second kappa shape index (κ2) is 8.67. The maximum Gasteiger partial charge on any atom is 0.220 e. The van der Waals surface area contributed by atoms with Crippen LogP contribution < -0.4 is 11.1 Å². The van der Waals surface area contributed by atoms with Crippen LogP contribution in [0.4, 0.5) is 0 Å². The first-order valence-electron chi connectivity index (χ1n) is 6.80. The number of benzene rings is 1. The molecule has 1 amide bonds. The number of amides is 1. The van der Waals surface area contributed by atoms with Crippen LogP contribution in [0.25, 0.3) is 0 Å². The lowest BCUT2D eigenvalue weighted by Gasteiger charge is -2.17. The third kappa shape index (κ3) is 6.36. The number of aliphatic hydroxyl groups is 1. The van der Waals surface area contributed by atoms with Crippen molar-refractivity contribution in [1.29, 1.82) is 0 Å². The van der Waals surface area contributed by atoms with Gasteiger partial charge in [0.2, 0.25) is 5.91 Å². The predicted molar refractivity (Wildman–Crippen MR) is 76.6 cm³/mol. The van der Waals surface area contributed by atoms with Crippen molar-refractivity contribution in [3.05, 3.63) is 35.9 Å². The van der Waals surface area contributed by atoms with Gasteiger partial charge in [0, 0.05) is 6.42 Å². The van der Waals surface area contributed by atoms with Crippen molar-refractivity contribution in [3.8, 4) is 0 Å². The van der Waals surface area contributed by atoms with Crippen LogP contribution in [0.15, 0.2) is 30.3 Å². The zero-order chi connectivity index (χ0) is 14.1. The summed E-state index contributed by atoms with van der Waals surface area (Å²) in [6.07, 6.45) is 1.89. The van der Waals surface area contributed by atoms with E-state index in [4.69, 9.17) is 5.73 Å². The largest absolute Gasteiger partial charge is 0.394 e. The van der Waals surface area contributed by atoms with E-state index in [9.17, 15) is 9.90 Å². The minimum absolute atomic E-state index is 0.0183. The fourth-order valence-corrected chi connectivity index (χ4v) is 1.86. The predicted octanol–water partition coefficient (Wildman–Crippen LogP) is 1.08. The van der Waals surface area contributed by atoms with E-state index in [0.29, 0.717) is 25.3 Å². The molecule has 1 rings (SSSR count). The first-order chi connectivity index (χ1) is 9.15. The molecule has 0 aliphatic rings. The van der Waals surface area contributed by atoms with Crippen LogP contribution in [0.3, 0.4) is 0 Å². The van der Waals surface area contributed by atoms with E-state index in [-0.39, 0.29) is 18.6 Å². The summed E-state index contributed by atoms with van der Waals surface area (Å²) >= 11 is 0. The summed E-state index contributed by atoms with van der Waals surface area (Å²) in [5.41, 5.74) is 6.62. The maximum atomic E-state index is 11.8. The van der Waals surface area contributed by atoms with Crippen molar-refractivity contribution in [2.24, 2.45) is 11.7 Å². The standard InChI is InChI=1S/C15H24N2O2/c1-12(10-16)7-8-15(19)17-14(11-18)9-13-5-3-2-4-6-13/h2-6,12,14,18H,7-11,16H2,1H3,(H,17,19)/t12?,14-/m1/s1. The van der Waals surface area contributed by atoms with Gasteiger partial charge in [-0.1, -0.05) is 37.3 Å². The van der Waals surface area contributed by atoms with Crippen molar-refractivity contribution in [2.75, 3.05) is 13.2 Å². The first-order valence-corrected chi connectivity index (χ1v) is 6.80. The van der Waals surface area contributed by atoms with E-state index in [2.05, 4.69) is 5.32 Å². The zero-order valence-electron chi connectivity index (χ0n) is 11.5. The quantitative estimate of drug-likeness (QED) is 0.657. The van der Waals surface area contributed by atoms with Gasteiger partial charge in [0.15, 0.2) is 0 Å². The number of carbonyl (C=O) groups is 1. The van der Waals surface area contributed by atoms with E-state index in [1.807, 2.05) is 37.3 Å². The summed E-state index contributed by atoms with van der Waals surface area (Å²) in [4.78, 5) is 11.8. The summed E-state index contributed by atoms with van der Waals surface area (Å²) < 4.78 is 0. The number of nitrogens with two attached hydrogens (primary N) is 1. The third-order valence-corrected chi connectivity index (χ3v) is 3.18. The smallest absolute Gasteiger partial charge is 0.220 e. The number of rotatable bonds is 8. The Labute approximate surface area is 115 Å². The van der Waals surface area contributed by atoms with E-state index in [1.165, 1.54) is 0 Å². The number of hydrogen-bond donors (Lipinski definition) is 3. The van der Waals surface area contributed by atoms with Crippen LogP contribution in [0, 0.1) is 5.92 Å². The Morgan fingerprint density at radius 3 is 2.63 bits per heavy atom. The molecule has 0 aromatic heterocycles. The number of hydrogen-bond acceptors (Lipinski definition) is 3. The van der Waals surface area contributed by atoms with Gasteiger partial charge in [-0.3, -0.25) is 4.79 Å². The van der Waals surface area contributed by atoms with Crippen LogP contribution in [0.1, 0.15) is 25.3 Å². The highest BCUT2D eigenvalue weighted by atomic mass is 16.3. The number of nitrogens with one attached hydrogen (secondary N) is 1. The van der Waals surface area contributed by atoms with Gasteiger partial charge >= 0.3 is 0 Å². The Hall–Kier alpha value is -1.39. The van der Waals surface area contributed by atoms with Crippen LogP contribution in [0.5, 0.6) is 0 Å². The topological polar surface area (TPSA) is 75.4 Å². The Bertz CT molecular complexity index is 368. The number of carbonyl (C=O) groups excluding carboxylic acids is 1. The summed E-state index contributed by atoms with van der Waals surface area (Å²) in [5, 5.41) is 12.2. The van der Waals surface area contributed by atoms with Crippen molar-refractivity contribution >= 4 is 5.91 Å². The van der Waals surface area contributed by atoms with Crippen molar-refractivity contribution < 1.29 is 9.90 Å². The van der Waals surface area contributed by atoms with E-state index >= 15 is 0 Å². The van der Waals surface area contributed by atoms with Gasteiger partial charge in [-0.2, -0.15) is 0 Å². The molecule has 19 heavy (non-hydrogen) atoms. The Morgan fingerprint density at radius 2 is 2.05 bits per heavy atom. The van der Waals surface area contributed by atoms with Crippen molar-refractivity contribution in [3.63, 3.8) is 0 Å². The monoisotopic (exact) mass is 264 g/mol. The van der Waals surface area contributed by atoms with E-state index in [0.717, 1.165) is 12.0 Å². The second-order valence-corrected chi connectivity index (χ2v) is 5.02. The average Bonchev–Trinajstić information content (AvgIpc) is 2.45. The molecule has 0 saturated heterocycles. The van der Waals surface area contributed by atoms with Gasteiger partial charge in [-0.25, -0.2) is 0 Å². The van der Waals surface area contributed by atoms with Gasteiger partial charge < -0.3 is 16.2 Å². The molecule has 0 heterocycles. The lowest BCUT2D eigenvalue weighted by molar-refractivity contribution is -0.122. The summed E-state index contributed by atoms with van der Waals surface area (Å²) in [7, 11) is 0. The van der Waals surface area contributed by atoms with E-state index < -0.39 is 0 Å². The average molecular weight is 264 g/mol. The van der Waals surface area contributed by atoms with Gasteiger partial charge in [-0.15, -0.1) is 0 Å². The molecule has 0 aliphatic carbocycles. The summed E-state index contributed by atoms with van der Waals surface area (Å²) in [6.45, 7) is 2.58. The minimum Gasteiger partial charge on any atom is -0.394 e. The lowest BCUT2D eigenvalue weighted by Crippen LogP contribution is -2.39. The molecule has 0 fully saturated rings. The minimum atomic E-state index is -0.219. The molecule has 4 heteroatoms. The van der Waals surface area contributed by atoms with Crippen LogP contribution in [-0.4, -0.2) is 30.2 Å². The fraction of sp³-hybridized carbons (Fsp3) is 0.533. The lowest BCUT2D eigenvalue weighted by atomic mass is 10.0. The van der Waals surface area contributed by atoms with Gasteiger partial charge in [0.1, 0.15) is 0 Å². The molecule has 1 aromatic carbocycles. The molecular formula is C15H24N2O2. The molecule has 0 spiro atoms. The molecule has 106 valence electrons. The zero-order valence-corrected chi connectivity index (χ0v) is 11.5. The first kappa shape index (κ1) is 15.7.